The fourth-order valence-electron chi connectivity index (χ4n) is 2.22. The van der Waals surface area contributed by atoms with Crippen molar-refractivity contribution in [3.63, 3.8) is 0 Å². The predicted molar refractivity (Wildman–Crippen MR) is 78.2 cm³/mol. The van der Waals surface area contributed by atoms with Crippen LogP contribution in [0.15, 0.2) is 18.2 Å². The number of methoxy groups -OCH3 is 1. The Morgan fingerprint density at radius 1 is 1.48 bits per heavy atom. The number of rotatable bonds is 4. The second-order valence-corrected chi connectivity index (χ2v) is 4.83. The van der Waals surface area contributed by atoms with Crippen LogP contribution in [-0.4, -0.2) is 50.3 Å². The van der Waals surface area contributed by atoms with Gasteiger partial charge in [-0.05, 0) is 19.1 Å². The molecule has 0 bridgehead atoms. The maximum absolute atomic E-state index is 12.4. The second kappa shape index (κ2) is 6.95. The number of nitrogens with one attached hydrogen (secondary N) is 1. The number of hydrogen-bond donors (Lipinski definition) is 1. The maximum atomic E-state index is 12.4. The SMILES string of the molecule is COc1ccc(C#N)c(NC(C)C(=O)N2CCOCC2)c1. The van der Waals surface area contributed by atoms with Crippen LogP contribution < -0.4 is 10.1 Å². The fourth-order valence-corrected chi connectivity index (χ4v) is 2.22. The van der Waals surface area contributed by atoms with Crippen molar-refractivity contribution in [2.24, 2.45) is 0 Å². The predicted octanol–water partition coefficient (Wildman–Crippen LogP) is 1.23. The van der Waals surface area contributed by atoms with E-state index >= 15 is 0 Å². The lowest BCUT2D eigenvalue weighted by atomic mass is 10.1. The highest BCUT2D eigenvalue weighted by molar-refractivity contribution is 5.85. The van der Waals surface area contributed by atoms with E-state index in [4.69, 9.17) is 14.7 Å². The van der Waals surface area contributed by atoms with E-state index in [-0.39, 0.29) is 5.91 Å². The summed E-state index contributed by atoms with van der Waals surface area (Å²) in [6.45, 7) is 4.14. The molecule has 1 unspecified atom stereocenters. The van der Waals surface area contributed by atoms with Crippen LogP contribution in [0.5, 0.6) is 5.75 Å². The smallest absolute Gasteiger partial charge is 0.244 e. The Kier molecular flexibility index (Phi) is 5.01. The van der Waals surface area contributed by atoms with Gasteiger partial charge in [0.1, 0.15) is 17.9 Å². The molecule has 1 amide bonds. The van der Waals surface area contributed by atoms with Gasteiger partial charge >= 0.3 is 0 Å². The van der Waals surface area contributed by atoms with Gasteiger partial charge in [0.2, 0.25) is 5.91 Å². The molecule has 1 aromatic rings. The molecule has 6 nitrogen and oxygen atoms in total. The van der Waals surface area contributed by atoms with E-state index < -0.39 is 6.04 Å². The van der Waals surface area contributed by atoms with Gasteiger partial charge in [-0.15, -0.1) is 0 Å². The Morgan fingerprint density at radius 3 is 2.81 bits per heavy atom. The molecular weight excluding hydrogens is 270 g/mol. The van der Waals surface area contributed by atoms with E-state index in [2.05, 4.69) is 11.4 Å². The van der Waals surface area contributed by atoms with Gasteiger partial charge in [-0.1, -0.05) is 0 Å². The Bertz CT molecular complexity index is 548. The standard InChI is InChI=1S/C15H19N3O3/c1-11(15(19)18-5-7-21-8-6-18)17-14-9-13(20-2)4-3-12(14)10-16/h3-4,9,11,17H,5-8H2,1-2H3. The van der Waals surface area contributed by atoms with Crippen LogP contribution in [0.3, 0.4) is 0 Å². The van der Waals surface area contributed by atoms with E-state index in [0.29, 0.717) is 43.3 Å². The molecule has 0 radical (unpaired) electrons. The highest BCUT2D eigenvalue weighted by Gasteiger charge is 2.23. The van der Waals surface area contributed by atoms with Crippen molar-refractivity contribution >= 4 is 11.6 Å². The summed E-state index contributed by atoms with van der Waals surface area (Å²) in [5, 5.41) is 12.2. The first-order valence-electron chi connectivity index (χ1n) is 6.87. The normalized spacial score (nSPS) is 16.0. The molecule has 1 aliphatic heterocycles. The number of amides is 1. The first kappa shape index (κ1) is 15.1. The van der Waals surface area contributed by atoms with Gasteiger partial charge in [-0.2, -0.15) is 5.26 Å². The number of carbonyl (C=O) groups excluding carboxylic acids is 1. The van der Waals surface area contributed by atoms with Gasteiger partial charge < -0.3 is 19.7 Å². The van der Waals surface area contributed by atoms with Crippen LogP contribution >= 0.6 is 0 Å². The van der Waals surface area contributed by atoms with Crippen LogP contribution in [0.2, 0.25) is 0 Å². The molecule has 0 aliphatic carbocycles. The summed E-state index contributed by atoms with van der Waals surface area (Å²) in [5.74, 6) is 0.646. The molecule has 1 saturated heterocycles. The van der Waals surface area contributed by atoms with Crippen LogP contribution in [-0.2, 0) is 9.53 Å². The molecule has 1 N–H and O–H groups in total. The summed E-state index contributed by atoms with van der Waals surface area (Å²) < 4.78 is 10.4. The monoisotopic (exact) mass is 289 g/mol. The lowest BCUT2D eigenvalue weighted by molar-refractivity contribution is -0.135. The van der Waals surface area contributed by atoms with E-state index in [1.807, 2.05) is 0 Å². The van der Waals surface area contributed by atoms with Gasteiger partial charge in [-0.3, -0.25) is 4.79 Å². The minimum Gasteiger partial charge on any atom is -0.497 e. The topological polar surface area (TPSA) is 74.6 Å². The third-order valence-electron chi connectivity index (χ3n) is 3.41. The first-order valence-corrected chi connectivity index (χ1v) is 6.87. The van der Waals surface area contributed by atoms with E-state index in [1.165, 1.54) is 0 Å². The average Bonchev–Trinajstić information content (AvgIpc) is 2.54. The largest absolute Gasteiger partial charge is 0.497 e. The molecule has 1 fully saturated rings. The fraction of sp³-hybridized carbons (Fsp3) is 0.467. The lowest BCUT2D eigenvalue weighted by Crippen LogP contribution is -2.47. The summed E-state index contributed by atoms with van der Waals surface area (Å²) in [6.07, 6.45) is 0. The van der Waals surface area contributed by atoms with E-state index in [1.54, 1.807) is 37.1 Å². The Labute approximate surface area is 124 Å². The first-order chi connectivity index (χ1) is 10.2. The van der Waals surface area contributed by atoms with Gasteiger partial charge in [-0.25, -0.2) is 0 Å². The van der Waals surface area contributed by atoms with Crippen LogP contribution in [0.4, 0.5) is 5.69 Å². The molecule has 0 aromatic heterocycles. The zero-order valence-electron chi connectivity index (χ0n) is 12.3. The number of hydrogen-bond acceptors (Lipinski definition) is 5. The molecule has 6 heteroatoms. The highest BCUT2D eigenvalue weighted by Crippen LogP contribution is 2.23. The van der Waals surface area contributed by atoms with E-state index in [9.17, 15) is 4.79 Å². The van der Waals surface area contributed by atoms with Crippen molar-refractivity contribution in [2.75, 3.05) is 38.7 Å². The molecule has 1 aromatic carbocycles. The minimum absolute atomic E-state index is 0.00464. The number of nitrogens with zero attached hydrogens (tertiary/aromatic N) is 2. The Balaban J connectivity index is 2.09. The highest BCUT2D eigenvalue weighted by atomic mass is 16.5. The quantitative estimate of drug-likeness (QED) is 0.902. The van der Waals surface area contributed by atoms with Gasteiger partial charge in [0.15, 0.2) is 0 Å². The molecule has 112 valence electrons. The van der Waals surface area contributed by atoms with Gasteiger partial charge in [0, 0.05) is 19.2 Å². The number of benzene rings is 1. The summed E-state index contributed by atoms with van der Waals surface area (Å²) in [6, 6.07) is 6.81. The van der Waals surface area contributed by atoms with Crippen LogP contribution in [0.1, 0.15) is 12.5 Å². The Hall–Kier alpha value is -2.26. The molecule has 2 rings (SSSR count). The van der Waals surface area contributed by atoms with Gasteiger partial charge in [0.25, 0.3) is 0 Å². The third kappa shape index (κ3) is 3.64. The zero-order chi connectivity index (χ0) is 15.2. The van der Waals surface area contributed by atoms with Crippen LogP contribution in [0, 0.1) is 11.3 Å². The molecule has 21 heavy (non-hydrogen) atoms. The number of ether oxygens (including phenoxy) is 2. The van der Waals surface area contributed by atoms with Crippen molar-refractivity contribution in [3.05, 3.63) is 23.8 Å². The van der Waals surface area contributed by atoms with Crippen molar-refractivity contribution in [1.82, 2.24) is 4.90 Å². The second-order valence-electron chi connectivity index (χ2n) is 4.83. The number of anilines is 1. The minimum atomic E-state index is -0.415. The molecule has 1 heterocycles. The van der Waals surface area contributed by atoms with Crippen molar-refractivity contribution in [2.45, 2.75) is 13.0 Å². The maximum Gasteiger partial charge on any atom is 0.244 e. The molecular formula is C15H19N3O3. The van der Waals surface area contributed by atoms with Gasteiger partial charge in [0.05, 0.1) is 31.6 Å². The van der Waals surface area contributed by atoms with E-state index in [0.717, 1.165) is 0 Å². The van der Waals surface area contributed by atoms with Crippen molar-refractivity contribution in [1.29, 1.82) is 5.26 Å². The zero-order valence-corrected chi connectivity index (χ0v) is 12.3. The number of nitriles is 1. The summed E-state index contributed by atoms with van der Waals surface area (Å²) in [4.78, 5) is 14.1. The van der Waals surface area contributed by atoms with Crippen molar-refractivity contribution < 1.29 is 14.3 Å². The molecule has 0 spiro atoms. The number of carbonyl (C=O) groups is 1. The third-order valence-corrected chi connectivity index (χ3v) is 3.41. The molecule has 1 atom stereocenters. The Morgan fingerprint density at radius 2 is 2.19 bits per heavy atom. The van der Waals surface area contributed by atoms with Crippen LogP contribution in [0.25, 0.3) is 0 Å². The molecule has 0 saturated carbocycles. The summed E-state index contributed by atoms with van der Waals surface area (Å²) in [5.41, 5.74) is 1.09. The van der Waals surface area contributed by atoms with Crippen molar-refractivity contribution in [3.8, 4) is 11.8 Å². The molecule has 1 aliphatic rings. The lowest BCUT2D eigenvalue weighted by Gasteiger charge is -2.30. The number of morpholine rings is 1. The summed E-state index contributed by atoms with van der Waals surface area (Å²) in [7, 11) is 1.56. The average molecular weight is 289 g/mol. The summed E-state index contributed by atoms with van der Waals surface area (Å²) >= 11 is 0.